The van der Waals surface area contributed by atoms with Gasteiger partial charge in [-0.3, -0.25) is 9.59 Å². The number of furan rings is 1. The second kappa shape index (κ2) is 16.0. The van der Waals surface area contributed by atoms with Crippen molar-refractivity contribution in [1.29, 1.82) is 0 Å². The van der Waals surface area contributed by atoms with Crippen LogP contribution >= 0.6 is 0 Å². The van der Waals surface area contributed by atoms with E-state index in [1.165, 1.54) is 31.3 Å². The van der Waals surface area contributed by atoms with Gasteiger partial charge in [0.1, 0.15) is 36.5 Å². The molecule has 0 aliphatic carbocycles. The highest BCUT2D eigenvalue weighted by Crippen LogP contribution is 2.27. The van der Waals surface area contributed by atoms with Crippen molar-refractivity contribution in [3.8, 4) is 11.3 Å². The van der Waals surface area contributed by atoms with E-state index in [9.17, 15) is 24.2 Å². The van der Waals surface area contributed by atoms with Gasteiger partial charge in [0.2, 0.25) is 5.91 Å². The molecule has 0 bridgehead atoms. The third-order valence-corrected chi connectivity index (χ3v) is 7.16. The lowest BCUT2D eigenvalue weighted by atomic mass is 10.00. The maximum absolute atomic E-state index is 14.4. The molecular formula is C30H43FN2O8. The number of methoxy groups -OCH3 is 2. The molecule has 1 aliphatic rings. The van der Waals surface area contributed by atoms with E-state index in [4.69, 9.17) is 18.6 Å². The minimum absolute atomic E-state index is 0.0360. The van der Waals surface area contributed by atoms with Crippen molar-refractivity contribution >= 4 is 11.8 Å². The maximum atomic E-state index is 14.4. The number of ether oxygens (including phenoxy) is 3. The highest BCUT2D eigenvalue weighted by atomic mass is 19.1. The van der Waals surface area contributed by atoms with E-state index < -0.39 is 30.2 Å². The molecule has 228 valence electrons. The van der Waals surface area contributed by atoms with Crippen molar-refractivity contribution < 1.29 is 42.8 Å². The highest BCUT2D eigenvalue weighted by Gasteiger charge is 2.34. The van der Waals surface area contributed by atoms with Crippen LogP contribution in [-0.2, 0) is 19.0 Å². The molecule has 1 fully saturated rings. The lowest BCUT2D eigenvalue weighted by Crippen LogP contribution is -2.54. The molecular weight excluding hydrogens is 535 g/mol. The first-order chi connectivity index (χ1) is 19.7. The van der Waals surface area contributed by atoms with Crippen LogP contribution in [-0.4, -0.2) is 110 Å². The third-order valence-electron chi connectivity index (χ3n) is 7.16. The Balaban J connectivity index is 1.98. The van der Waals surface area contributed by atoms with E-state index in [-0.39, 0.29) is 61.1 Å². The molecule has 0 unspecified atom stereocenters. The molecule has 41 heavy (non-hydrogen) atoms. The Morgan fingerprint density at radius 2 is 1.85 bits per heavy atom. The number of carbonyl (C=O) groups excluding carboxylic acids is 2. The van der Waals surface area contributed by atoms with Crippen molar-refractivity contribution in [2.75, 3.05) is 53.7 Å². The zero-order valence-electron chi connectivity index (χ0n) is 24.3. The monoisotopic (exact) mass is 578 g/mol. The number of benzene rings is 1. The van der Waals surface area contributed by atoms with Gasteiger partial charge >= 0.3 is 0 Å². The number of rotatable bonds is 7. The molecule has 3 rings (SSSR count). The summed E-state index contributed by atoms with van der Waals surface area (Å²) in [5.41, 5.74) is 0.256. The second-order valence-corrected chi connectivity index (χ2v) is 10.8. The molecule has 1 saturated heterocycles. The summed E-state index contributed by atoms with van der Waals surface area (Å²) in [6.45, 7) is 4.56. The Hall–Kier alpha value is -2.83. The van der Waals surface area contributed by atoms with Gasteiger partial charge < -0.3 is 38.6 Å². The Labute approximate surface area is 241 Å². The molecule has 2 amide bonds. The van der Waals surface area contributed by atoms with Gasteiger partial charge in [-0.2, -0.15) is 0 Å². The molecule has 0 radical (unpaired) electrons. The fourth-order valence-electron chi connectivity index (χ4n) is 5.02. The number of aliphatic hydroxyl groups is 2. The summed E-state index contributed by atoms with van der Waals surface area (Å²) in [5.74, 6) is -0.686. The Morgan fingerprint density at radius 1 is 1.10 bits per heavy atom. The van der Waals surface area contributed by atoms with Crippen LogP contribution in [0, 0.1) is 11.7 Å². The molecule has 0 saturated carbocycles. The molecule has 1 aliphatic heterocycles. The molecule has 2 aromatic rings. The minimum Gasteiger partial charge on any atom is -0.451 e. The fourth-order valence-corrected chi connectivity index (χ4v) is 5.02. The Kier molecular flexibility index (Phi) is 12.7. The minimum atomic E-state index is -1.30. The molecule has 0 spiro atoms. The van der Waals surface area contributed by atoms with E-state index in [1.54, 1.807) is 29.2 Å². The lowest BCUT2D eigenvalue weighted by Gasteiger charge is -2.38. The van der Waals surface area contributed by atoms with Crippen LogP contribution in [0.1, 0.15) is 43.7 Å². The number of carbonyl (C=O) groups is 2. The van der Waals surface area contributed by atoms with Crippen molar-refractivity contribution in [1.82, 2.24) is 9.80 Å². The van der Waals surface area contributed by atoms with Crippen LogP contribution in [0.3, 0.4) is 0 Å². The van der Waals surface area contributed by atoms with E-state index in [2.05, 4.69) is 0 Å². The Morgan fingerprint density at radius 3 is 2.54 bits per heavy atom. The molecule has 1 aromatic heterocycles. The summed E-state index contributed by atoms with van der Waals surface area (Å²) in [7, 11) is 2.81. The summed E-state index contributed by atoms with van der Waals surface area (Å²) in [6, 6.07) is 8.88. The average molecular weight is 579 g/mol. The van der Waals surface area contributed by atoms with Crippen LogP contribution in [0.15, 0.2) is 40.8 Å². The first-order valence-corrected chi connectivity index (χ1v) is 14.0. The first kappa shape index (κ1) is 32.7. The Bertz CT molecular complexity index is 1110. The molecule has 4 atom stereocenters. The molecule has 1 aromatic carbocycles. The maximum Gasteiger partial charge on any atom is 0.289 e. The van der Waals surface area contributed by atoms with Crippen LogP contribution in [0.25, 0.3) is 11.3 Å². The second-order valence-electron chi connectivity index (χ2n) is 10.8. The fraction of sp³-hybridized carbons (Fsp3) is 0.600. The van der Waals surface area contributed by atoms with Crippen molar-refractivity contribution in [2.45, 2.75) is 57.5 Å². The molecule has 11 heteroatoms. The SMILES string of the molecule is COCC(=O)N1C[C@H](CC(C)C)N(C(=O)c2ccc(-c3ccccc3F)o2)CCCCOC[C@@H](O)[C@@H](O)[C@H](OC)C1. The van der Waals surface area contributed by atoms with Gasteiger partial charge in [-0.25, -0.2) is 4.39 Å². The van der Waals surface area contributed by atoms with Crippen LogP contribution in [0.2, 0.25) is 0 Å². The van der Waals surface area contributed by atoms with E-state index in [0.717, 1.165) is 0 Å². The summed E-state index contributed by atoms with van der Waals surface area (Å²) in [4.78, 5) is 30.3. The smallest absolute Gasteiger partial charge is 0.289 e. The van der Waals surface area contributed by atoms with E-state index in [0.29, 0.717) is 32.4 Å². The first-order valence-electron chi connectivity index (χ1n) is 14.0. The zero-order chi connectivity index (χ0) is 29.9. The third kappa shape index (κ3) is 9.08. The topological polar surface area (TPSA) is 122 Å². The zero-order valence-corrected chi connectivity index (χ0v) is 24.3. The largest absolute Gasteiger partial charge is 0.451 e. The predicted molar refractivity (Wildman–Crippen MR) is 150 cm³/mol. The quantitative estimate of drug-likeness (QED) is 0.515. The van der Waals surface area contributed by atoms with Crippen molar-refractivity contribution in [3.63, 3.8) is 0 Å². The van der Waals surface area contributed by atoms with Gasteiger partial charge in [0.15, 0.2) is 5.76 Å². The predicted octanol–water partition coefficient (Wildman–Crippen LogP) is 2.96. The summed E-state index contributed by atoms with van der Waals surface area (Å²) in [5, 5.41) is 21.2. The molecule has 2 N–H and O–H groups in total. The number of amides is 2. The summed E-state index contributed by atoms with van der Waals surface area (Å²) in [6.07, 6.45) is -1.65. The van der Waals surface area contributed by atoms with Crippen molar-refractivity contribution in [2.24, 2.45) is 5.92 Å². The average Bonchev–Trinajstić information content (AvgIpc) is 3.43. The van der Waals surface area contributed by atoms with Crippen LogP contribution < -0.4 is 0 Å². The van der Waals surface area contributed by atoms with Crippen LogP contribution in [0.5, 0.6) is 0 Å². The van der Waals surface area contributed by atoms with Gasteiger partial charge in [-0.05, 0) is 49.4 Å². The lowest BCUT2D eigenvalue weighted by molar-refractivity contribution is -0.143. The summed E-state index contributed by atoms with van der Waals surface area (Å²) < 4.78 is 36.4. The normalized spacial score (nSPS) is 23.4. The standard InChI is InChI=1S/C30H43FN2O8/c1-20(2)15-21-16-32(28(35)19-38-3)17-27(39-4)29(36)24(34)18-40-14-8-7-13-33(21)30(37)26-12-11-25(41-26)22-9-5-6-10-23(22)31/h5-6,9-12,20-21,24,27,29,34,36H,7-8,13-19H2,1-4H3/t21-,24+,27+,29+/m0/s1. The number of nitrogens with zero attached hydrogens (tertiary/aromatic N) is 2. The van der Waals surface area contributed by atoms with Gasteiger partial charge in [0, 0.05) is 46.5 Å². The van der Waals surface area contributed by atoms with Gasteiger partial charge in [-0.15, -0.1) is 0 Å². The van der Waals surface area contributed by atoms with Gasteiger partial charge in [-0.1, -0.05) is 26.0 Å². The van der Waals surface area contributed by atoms with E-state index in [1.807, 2.05) is 13.8 Å². The molecule has 2 heterocycles. The summed E-state index contributed by atoms with van der Waals surface area (Å²) >= 11 is 0. The molecule has 10 nitrogen and oxygen atoms in total. The van der Waals surface area contributed by atoms with Crippen LogP contribution in [0.4, 0.5) is 4.39 Å². The number of aliphatic hydroxyl groups excluding tert-OH is 2. The van der Waals surface area contributed by atoms with Crippen molar-refractivity contribution in [3.05, 3.63) is 48.0 Å². The number of hydrogen-bond acceptors (Lipinski definition) is 8. The number of hydrogen-bond donors (Lipinski definition) is 2. The van der Waals surface area contributed by atoms with Gasteiger partial charge in [0.25, 0.3) is 5.91 Å². The van der Waals surface area contributed by atoms with E-state index >= 15 is 0 Å². The highest BCUT2D eigenvalue weighted by molar-refractivity contribution is 5.92. The number of halogens is 1. The van der Waals surface area contributed by atoms with Gasteiger partial charge in [0.05, 0.1) is 12.2 Å².